The number of pyridine rings is 1. The van der Waals surface area contributed by atoms with E-state index < -0.39 is 0 Å². The van der Waals surface area contributed by atoms with Crippen LogP contribution in [0.4, 0.5) is 0 Å². The third-order valence-corrected chi connectivity index (χ3v) is 4.95. The van der Waals surface area contributed by atoms with E-state index in [1.54, 1.807) is 12.3 Å². The first-order valence-corrected chi connectivity index (χ1v) is 8.48. The van der Waals surface area contributed by atoms with Crippen molar-refractivity contribution in [3.05, 3.63) is 47.8 Å². The van der Waals surface area contributed by atoms with Gasteiger partial charge in [-0.25, -0.2) is 4.98 Å². The van der Waals surface area contributed by atoms with Crippen LogP contribution in [-0.2, 0) is 0 Å². The maximum Gasteiger partial charge on any atom is 0.272 e. The van der Waals surface area contributed by atoms with E-state index in [9.17, 15) is 4.79 Å². The van der Waals surface area contributed by atoms with Crippen molar-refractivity contribution < 1.29 is 4.79 Å². The third kappa shape index (κ3) is 2.76. The first-order valence-electron chi connectivity index (χ1n) is 8.48. The minimum atomic E-state index is 0.0498. The first kappa shape index (κ1) is 14.4. The van der Waals surface area contributed by atoms with Gasteiger partial charge in [-0.05, 0) is 44.7 Å². The molecule has 0 spiro atoms. The Balaban J connectivity index is 1.45. The highest BCUT2D eigenvalue weighted by Gasteiger charge is 2.33. The van der Waals surface area contributed by atoms with E-state index in [0.717, 1.165) is 25.9 Å². The molecule has 1 aliphatic carbocycles. The van der Waals surface area contributed by atoms with E-state index in [1.807, 2.05) is 23.2 Å². The number of hydrogen-bond acceptors (Lipinski definition) is 3. The summed E-state index contributed by atoms with van der Waals surface area (Å²) < 4.78 is 2.43. The lowest BCUT2D eigenvalue weighted by atomic mass is 10.0. The van der Waals surface area contributed by atoms with E-state index in [2.05, 4.69) is 21.5 Å². The minimum absolute atomic E-state index is 0.0498. The van der Waals surface area contributed by atoms with Crippen molar-refractivity contribution in [1.82, 2.24) is 19.4 Å². The number of carbonyl (C=O) groups is 1. The second-order valence-corrected chi connectivity index (χ2v) is 6.64. The zero-order valence-electron chi connectivity index (χ0n) is 13.5. The smallest absolute Gasteiger partial charge is 0.272 e. The molecule has 23 heavy (non-hydrogen) atoms. The van der Waals surface area contributed by atoms with E-state index in [0.29, 0.717) is 17.7 Å². The number of imidazole rings is 1. The maximum absolute atomic E-state index is 12.5. The Bertz CT molecular complexity index is 697. The van der Waals surface area contributed by atoms with Crippen LogP contribution >= 0.6 is 0 Å². The third-order valence-electron chi connectivity index (χ3n) is 4.95. The Morgan fingerprint density at radius 1 is 1.13 bits per heavy atom. The molecule has 0 atom stereocenters. The molecule has 1 saturated carbocycles. The van der Waals surface area contributed by atoms with Gasteiger partial charge in [-0.1, -0.05) is 6.07 Å². The monoisotopic (exact) mass is 310 g/mol. The van der Waals surface area contributed by atoms with Crippen LogP contribution in [0.1, 0.15) is 59.6 Å². The van der Waals surface area contributed by atoms with Crippen LogP contribution < -0.4 is 0 Å². The fraction of sp³-hybridized carbons (Fsp3) is 0.500. The van der Waals surface area contributed by atoms with Crippen molar-refractivity contribution in [2.45, 2.75) is 44.6 Å². The van der Waals surface area contributed by atoms with Gasteiger partial charge in [0.1, 0.15) is 11.5 Å². The maximum atomic E-state index is 12.5. The van der Waals surface area contributed by atoms with Crippen LogP contribution in [0.5, 0.6) is 0 Å². The molecule has 1 aliphatic heterocycles. The van der Waals surface area contributed by atoms with Crippen LogP contribution in [0.25, 0.3) is 0 Å². The standard InChI is InChI=1S/C18H22N4O/c1-13-12-20-17(14-5-6-14)22(13)15-7-10-21(11-8-15)18(23)16-4-2-3-9-19-16/h2-4,9,12,14-15H,5-8,10-11H2,1H3. The van der Waals surface area contributed by atoms with Crippen LogP contribution in [-0.4, -0.2) is 38.4 Å². The number of hydrogen-bond donors (Lipinski definition) is 0. The molecule has 3 heterocycles. The summed E-state index contributed by atoms with van der Waals surface area (Å²) in [5, 5.41) is 0. The highest BCUT2D eigenvalue weighted by atomic mass is 16.2. The molecule has 0 bridgehead atoms. The highest BCUT2D eigenvalue weighted by Crippen LogP contribution is 2.41. The van der Waals surface area contributed by atoms with Gasteiger partial charge in [0.15, 0.2) is 0 Å². The molecular formula is C18H22N4O. The normalized spacial score (nSPS) is 19.1. The lowest BCUT2D eigenvalue weighted by Gasteiger charge is -2.33. The van der Waals surface area contributed by atoms with Gasteiger partial charge < -0.3 is 9.47 Å². The van der Waals surface area contributed by atoms with Crippen molar-refractivity contribution >= 4 is 5.91 Å². The van der Waals surface area contributed by atoms with Crippen LogP contribution in [0, 0.1) is 6.92 Å². The average Bonchev–Trinajstić information content (AvgIpc) is 3.38. The number of amides is 1. The fourth-order valence-electron chi connectivity index (χ4n) is 3.56. The second-order valence-electron chi connectivity index (χ2n) is 6.64. The quantitative estimate of drug-likeness (QED) is 0.876. The first-order chi connectivity index (χ1) is 11.2. The molecule has 2 fully saturated rings. The predicted molar refractivity (Wildman–Crippen MR) is 87.4 cm³/mol. The topological polar surface area (TPSA) is 51.0 Å². The number of likely N-dealkylation sites (tertiary alicyclic amines) is 1. The molecule has 1 amide bonds. The van der Waals surface area contributed by atoms with Gasteiger partial charge in [0, 0.05) is 43.1 Å². The molecule has 2 aliphatic rings. The van der Waals surface area contributed by atoms with Crippen molar-refractivity contribution in [1.29, 1.82) is 0 Å². The molecule has 2 aromatic heterocycles. The summed E-state index contributed by atoms with van der Waals surface area (Å²) in [4.78, 5) is 23.2. The van der Waals surface area contributed by atoms with Crippen molar-refractivity contribution in [3.8, 4) is 0 Å². The molecule has 0 unspecified atom stereocenters. The molecular weight excluding hydrogens is 288 g/mol. The van der Waals surface area contributed by atoms with Crippen molar-refractivity contribution in [2.75, 3.05) is 13.1 Å². The van der Waals surface area contributed by atoms with E-state index in [1.165, 1.54) is 24.4 Å². The van der Waals surface area contributed by atoms with Crippen LogP contribution in [0.2, 0.25) is 0 Å². The largest absolute Gasteiger partial charge is 0.337 e. The number of aromatic nitrogens is 3. The summed E-state index contributed by atoms with van der Waals surface area (Å²) in [6, 6.07) is 5.97. The van der Waals surface area contributed by atoms with Crippen LogP contribution in [0.3, 0.4) is 0 Å². The van der Waals surface area contributed by atoms with Gasteiger partial charge in [-0.3, -0.25) is 9.78 Å². The van der Waals surface area contributed by atoms with Gasteiger partial charge in [0.2, 0.25) is 0 Å². The van der Waals surface area contributed by atoms with Gasteiger partial charge in [-0.2, -0.15) is 0 Å². The molecule has 5 nitrogen and oxygen atoms in total. The Labute approximate surface area is 136 Å². The number of nitrogens with zero attached hydrogens (tertiary/aromatic N) is 4. The number of piperidine rings is 1. The predicted octanol–water partition coefficient (Wildman–Crippen LogP) is 2.94. The average molecular weight is 310 g/mol. The zero-order valence-corrected chi connectivity index (χ0v) is 13.5. The van der Waals surface area contributed by atoms with E-state index >= 15 is 0 Å². The summed E-state index contributed by atoms with van der Waals surface area (Å²) in [5.41, 5.74) is 1.80. The van der Waals surface area contributed by atoms with E-state index in [-0.39, 0.29) is 5.91 Å². The number of aryl methyl sites for hydroxylation is 1. The Morgan fingerprint density at radius 3 is 2.57 bits per heavy atom. The van der Waals surface area contributed by atoms with Gasteiger partial charge in [-0.15, -0.1) is 0 Å². The summed E-state index contributed by atoms with van der Waals surface area (Å²) in [5.74, 6) is 1.97. The number of rotatable bonds is 3. The van der Waals surface area contributed by atoms with E-state index in [4.69, 9.17) is 0 Å². The lowest BCUT2D eigenvalue weighted by Crippen LogP contribution is -2.39. The van der Waals surface area contributed by atoms with Crippen molar-refractivity contribution in [2.24, 2.45) is 0 Å². The summed E-state index contributed by atoms with van der Waals surface area (Å²) >= 11 is 0. The molecule has 120 valence electrons. The summed E-state index contributed by atoms with van der Waals surface area (Å²) in [6.07, 6.45) is 8.21. The highest BCUT2D eigenvalue weighted by molar-refractivity contribution is 5.92. The zero-order chi connectivity index (χ0) is 15.8. The molecule has 2 aromatic rings. The molecule has 0 aromatic carbocycles. The van der Waals surface area contributed by atoms with Crippen molar-refractivity contribution in [3.63, 3.8) is 0 Å². The Kier molecular flexibility index (Phi) is 3.63. The summed E-state index contributed by atoms with van der Waals surface area (Å²) in [6.45, 7) is 3.73. The summed E-state index contributed by atoms with van der Waals surface area (Å²) in [7, 11) is 0. The van der Waals surface area contributed by atoms with Crippen LogP contribution in [0.15, 0.2) is 30.6 Å². The Hall–Kier alpha value is -2.17. The Morgan fingerprint density at radius 2 is 1.91 bits per heavy atom. The fourth-order valence-corrected chi connectivity index (χ4v) is 3.56. The van der Waals surface area contributed by atoms with Gasteiger partial charge >= 0.3 is 0 Å². The minimum Gasteiger partial charge on any atom is -0.337 e. The molecule has 1 saturated heterocycles. The number of carbonyl (C=O) groups excluding carboxylic acids is 1. The lowest BCUT2D eigenvalue weighted by molar-refractivity contribution is 0.0687. The van der Waals surface area contributed by atoms with Gasteiger partial charge in [0.05, 0.1) is 0 Å². The molecule has 5 heteroatoms. The molecule has 4 rings (SSSR count). The van der Waals surface area contributed by atoms with Gasteiger partial charge in [0.25, 0.3) is 5.91 Å². The molecule has 0 radical (unpaired) electrons. The SMILES string of the molecule is Cc1cnc(C2CC2)n1C1CCN(C(=O)c2ccccn2)CC1. The molecule has 0 N–H and O–H groups in total. The second kappa shape index (κ2) is 5.80.